The van der Waals surface area contributed by atoms with Crippen molar-refractivity contribution in [2.45, 2.75) is 0 Å². The number of benzene rings is 9. The lowest BCUT2D eigenvalue weighted by atomic mass is 9.91. The van der Waals surface area contributed by atoms with Gasteiger partial charge < -0.3 is 4.42 Å². The van der Waals surface area contributed by atoms with Gasteiger partial charge in [-0.2, -0.15) is 0 Å². The molecule has 3 heteroatoms. The highest BCUT2D eigenvalue weighted by molar-refractivity contribution is 6.22. The first-order valence-corrected chi connectivity index (χ1v) is 20.0. The maximum atomic E-state index is 6.83. The lowest BCUT2D eigenvalue weighted by Crippen LogP contribution is -1.96. The molecule has 11 aromatic rings. The molecule has 0 radical (unpaired) electrons. The molecule has 2 aromatic heterocycles. The summed E-state index contributed by atoms with van der Waals surface area (Å²) in [7, 11) is 0. The molecule has 0 aliphatic heterocycles. The summed E-state index contributed by atoms with van der Waals surface area (Å²) in [4.78, 5) is 10.3. The Kier molecular flexibility index (Phi) is 8.49. The normalized spacial score (nSPS) is 11.4. The van der Waals surface area contributed by atoms with Crippen molar-refractivity contribution in [1.29, 1.82) is 0 Å². The topological polar surface area (TPSA) is 38.9 Å². The molecule has 276 valence electrons. The van der Waals surface area contributed by atoms with Crippen LogP contribution in [0.25, 0.3) is 111 Å². The number of nitrogens with zero attached hydrogens (tertiary/aromatic N) is 2. The summed E-state index contributed by atoms with van der Waals surface area (Å²) >= 11 is 0. The molecule has 0 bridgehead atoms. The van der Waals surface area contributed by atoms with Crippen LogP contribution < -0.4 is 0 Å². The van der Waals surface area contributed by atoms with Crippen molar-refractivity contribution < 1.29 is 4.42 Å². The predicted octanol–water partition coefficient (Wildman–Crippen LogP) is 15.2. The Bertz CT molecular complexity index is 3230. The molecule has 0 atom stereocenters. The van der Waals surface area contributed by atoms with Gasteiger partial charge in [-0.05, 0) is 98.2 Å². The van der Waals surface area contributed by atoms with Crippen LogP contribution in [0.1, 0.15) is 0 Å². The van der Waals surface area contributed by atoms with E-state index in [0.717, 1.165) is 83.4 Å². The molecule has 0 saturated carbocycles. The summed E-state index contributed by atoms with van der Waals surface area (Å²) in [5, 5.41) is 4.54. The zero-order valence-electron chi connectivity index (χ0n) is 32.1. The number of aromatic nitrogens is 2. The monoisotopic (exact) mass is 752 g/mol. The average molecular weight is 753 g/mol. The Morgan fingerprint density at radius 2 is 0.814 bits per heavy atom. The zero-order chi connectivity index (χ0) is 39.1. The molecule has 0 unspecified atom stereocenters. The summed E-state index contributed by atoms with van der Waals surface area (Å²) in [5.74, 6) is 0.688. The second-order valence-corrected chi connectivity index (χ2v) is 15.0. The molecule has 0 saturated heterocycles. The number of furan rings is 1. The van der Waals surface area contributed by atoms with E-state index in [2.05, 4.69) is 194 Å². The Hall–Kier alpha value is -7.88. The van der Waals surface area contributed by atoms with Crippen LogP contribution in [0.4, 0.5) is 0 Å². The van der Waals surface area contributed by atoms with E-state index in [9.17, 15) is 0 Å². The van der Waals surface area contributed by atoms with Crippen LogP contribution >= 0.6 is 0 Å². The standard InChI is InChI=1S/C56H36N2O/c1-6-16-37(17-7-1)42-26-28-48-43(30-42)27-29-53-54(48)50-35-46(34-49(55(50)59-53)39-20-10-3-11-21-39)45-31-44(38-18-8-2-9-19-38)32-47(33-45)52-36-51(40-22-12-4-13-23-40)57-56(58-52)41-24-14-5-15-25-41/h1-36H. The lowest BCUT2D eigenvalue weighted by Gasteiger charge is -2.14. The summed E-state index contributed by atoms with van der Waals surface area (Å²) in [5.41, 5.74) is 15.5. The SMILES string of the molecule is c1ccc(-c2cc(-c3cc(-c4ccccc4)c4oc5ccc6cc(-c7ccccc7)ccc6c5c4c3)cc(-c3cc(-c4ccccc4)nc(-c4ccccc4)n3)c2)cc1. The van der Waals surface area contributed by atoms with Crippen LogP contribution in [-0.4, -0.2) is 9.97 Å². The zero-order valence-corrected chi connectivity index (χ0v) is 32.1. The van der Waals surface area contributed by atoms with Gasteiger partial charge in [-0.15, -0.1) is 0 Å². The molecule has 0 fully saturated rings. The second-order valence-electron chi connectivity index (χ2n) is 15.0. The molecule has 0 aliphatic rings. The number of hydrogen-bond donors (Lipinski definition) is 0. The molecule has 0 N–H and O–H groups in total. The average Bonchev–Trinajstić information content (AvgIpc) is 3.71. The van der Waals surface area contributed by atoms with Gasteiger partial charge in [0.05, 0.1) is 11.4 Å². The molecular formula is C56H36N2O. The van der Waals surface area contributed by atoms with Crippen molar-refractivity contribution in [2.75, 3.05) is 0 Å². The second kappa shape index (κ2) is 14.6. The summed E-state index contributed by atoms with van der Waals surface area (Å²) in [6, 6.07) is 77.0. The van der Waals surface area contributed by atoms with Gasteiger partial charge in [-0.3, -0.25) is 0 Å². The highest BCUT2D eigenvalue weighted by Gasteiger charge is 2.19. The van der Waals surface area contributed by atoms with Crippen LogP contribution in [0.3, 0.4) is 0 Å². The van der Waals surface area contributed by atoms with Crippen molar-refractivity contribution in [3.63, 3.8) is 0 Å². The third kappa shape index (κ3) is 6.45. The number of rotatable bonds is 7. The van der Waals surface area contributed by atoms with E-state index in [1.807, 2.05) is 24.3 Å². The van der Waals surface area contributed by atoms with Gasteiger partial charge in [0.25, 0.3) is 0 Å². The predicted molar refractivity (Wildman–Crippen MR) is 245 cm³/mol. The molecule has 3 nitrogen and oxygen atoms in total. The number of hydrogen-bond acceptors (Lipinski definition) is 3. The van der Waals surface area contributed by atoms with Crippen LogP contribution in [-0.2, 0) is 0 Å². The molecule has 11 rings (SSSR count). The van der Waals surface area contributed by atoms with Crippen LogP contribution in [0.15, 0.2) is 223 Å². The minimum atomic E-state index is 0.688. The van der Waals surface area contributed by atoms with Crippen molar-refractivity contribution in [1.82, 2.24) is 9.97 Å². The summed E-state index contributed by atoms with van der Waals surface area (Å²) < 4.78 is 6.83. The van der Waals surface area contributed by atoms with Gasteiger partial charge in [-0.1, -0.05) is 170 Å². The van der Waals surface area contributed by atoms with E-state index in [1.54, 1.807) is 0 Å². The molecule has 0 amide bonds. The first kappa shape index (κ1) is 34.4. The van der Waals surface area contributed by atoms with Crippen LogP contribution in [0, 0.1) is 0 Å². The fourth-order valence-corrected chi connectivity index (χ4v) is 8.32. The summed E-state index contributed by atoms with van der Waals surface area (Å²) in [6.45, 7) is 0. The molecule has 0 aliphatic carbocycles. The first-order chi connectivity index (χ1) is 29.2. The van der Waals surface area contributed by atoms with Gasteiger partial charge in [0.1, 0.15) is 11.2 Å². The van der Waals surface area contributed by atoms with Crippen LogP contribution in [0.5, 0.6) is 0 Å². The van der Waals surface area contributed by atoms with Crippen LogP contribution in [0.2, 0.25) is 0 Å². The van der Waals surface area contributed by atoms with E-state index in [1.165, 1.54) is 21.9 Å². The van der Waals surface area contributed by atoms with E-state index in [0.29, 0.717) is 5.82 Å². The number of fused-ring (bicyclic) bond motifs is 5. The smallest absolute Gasteiger partial charge is 0.160 e. The highest BCUT2D eigenvalue weighted by Crippen LogP contribution is 2.44. The Morgan fingerprint density at radius 3 is 1.46 bits per heavy atom. The fraction of sp³-hybridized carbons (Fsp3) is 0. The lowest BCUT2D eigenvalue weighted by molar-refractivity contribution is 0.670. The van der Waals surface area contributed by atoms with Gasteiger partial charge in [0, 0.05) is 33.0 Å². The maximum absolute atomic E-state index is 6.83. The van der Waals surface area contributed by atoms with Crippen molar-refractivity contribution in [2.24, 2.45) is 0 Å². The maximum Gasteiger partial charge on any atom is 0.160 e. The molecule has 2 heterocycles. The molecule has 9 aromatic carbocycles. The first-order valence-electron chi connectivity index (χ1n) is 20.0. The van der Waals surface area contributed by atoms with Gasteiger partial charge >= 0.3 is 0 Å². The quantitative estimate of drug-likeness (QED) is 0.163. The van der Waals surface area contributed by atoms with Gasteiger partial charge in [0.2, 0.25) is 0 Å². The van der Waals surface area contributed by atoms with Crippen molar-refractivity contribution >= 4 is 32.7 Å². The van der Waals surface area contributed by atoms with E-state index in [4.69, 9.17) is 14.4 Å². The van der Waals surface area contributed by atoms with Crippen molar-refractivity contribution in [3.05, 3.63) is 218 Å². The highest BCUT2D eigenvalue weighted by atomic mass is 16.3. The van der Waals surface area contributed by atoms with Crippen molar-refractivity contribution in [3.8, 4) is 78.4 Å². The van der Waals surface area contributed by atoms with E-state index < -0.39 is 0 Å². The van der Waals surface area contributed by atoms with Gasteiger partial charge in [-0.25, -0.2) is 9.97 Å². The van der Waals surface area contributed by atoms with E-state index in [-0.39, 0.29) is 0 Å². The third-order valence-electron chi connectivity index (χ3n) is 11.2. The minimum absolute atomic E-state index is 0.688. The summed E-state index contributed by atoms with van der Waals surface area (Å²) in [6.07, 6.45) is 0. The Morgan fingerprint density at radius 1 is 0.305 bits per heavy atom. The Balaban J connectivity index is 1.17. The van der Waals surface area contributed by atoms with Gasteiger partial charge in [0.15, 0.2) is 5.82 Å². The Labute approximate surface area is 342 Å². The van der Waals surface area contributed by atoms with E-state index >= 15 is 0 Å². The minimum Gasteiger partial charge on any atom is -0.455 e. The third-order valence-corrected chi connectivity index (χ3v) is 11.2. The fourth-order valence-electron chi connectivity index (χ4n) is 8.32. The largest absolute Gasteiger partial charge is 0.455 e. The molecule has 0 spiro atoms. The molecular weight excluding hydrogens is 717 g/mol. The molecule has 59 heavy (non-hydrogen) atoms.